The van der Waals surface area contributed by atoms with Crippen molar-refractivity contribution in [1.29, 1.82) is 0 Å². The van der Waals surface area contributed by atoms with Crippen LogP contribution in [0.4, 0.5) is 0 Å². The van der Waals surface area contributed by atoms with Crippen LogP contribution in [0.1, 0.15) is 0 Å². The Bertz CT molecular complexity index is 3750. The third-order valence-electron chi connectivity index (χ3n) is 12.0. The number of para-hydroxylation sites is 4. The second-order valence-electron chi connectivity index (χ2n) is 14.9. The smallest absolute Gasteiger partial charge is 0.0979 e. The number of hydrogen-bond acceptors (Lipinski definition) is 2. The van der Waals surface area contributed by atoms with Crippen molar-refractivity contribution in [3.8, 4) is 28.2 Å². The minimum absolute atomic E-state index is 0.874. The van der Waals surface area contributed by atoms with E-state index in [1.54, 1.807) is 0 Å². The molecule has 4 aromatic heterocycles. The maximum Gasteiger partial charge on any atom is 0.0979 e. The van der Waals surface area contributed by atoms with Gasteiger partial charge < -0.3 is 8.97 Å². The number of nitrogens with zero attached hydrogens (tertiary/aromatic N) is 4. The zero-order valence-electron chi connectivity index (χ0n) is 30.1. The van der Waals surface area contributed by atoms with Gasteiger partial charge in [0, 0.05) is 49.1 Å². The van der Waals surface area contributed by atoms with Crippen molar-refractivity contribution in [3.05, 3.63) is 182 Å². The van der Waals surface area contributed by atoms with Gasteiger partial charge in [0.05, 0.1) is 50.0 Å². The topological polar surface area (TPSA) is 35.1 Å². The molecule has 0 saturated carbocycles. The van der Waals surface area contributed by atoms with Gasteiger partial charge in [-0.1, -0.05) is 127 Å². The van der Waals surface area contributed by atoms with E-state index in [2.05, 4.69) is 173 Å². The van der Waals surface area contributed by atoms with Gasteiger partial charge in [-0.25, -0.2) is 9.97 Å². The molecule has 0 aliphatic heterocycles. The molecule has 0 N–H and O–H groups in total. The Morgan fingerprint density at radius 2 is 0.964 bits per heavy atom. The largest absolute Gasteiger partial charge is 0.309 e. The lowest BCUT2D eigenvalue weighted by molar-refractivity contribution is 1.18. The SMILES string of the molecule is c1ccc2cc3c(cc2c1)c1c2c4ccccc4n4c5ccccc5c(cc1n3-c1ccc(-c3nc5ccccc5nc3-c3cccc5ccccc35)cc1)c24. The van der Waals surface area contributed by atoms with Crippen molar-refractivity contribution in [1.82, 2.24) is 18.9 Å². The van der Waals surface area contributed by atoms with Crippen LogP contribution in [-0.2, 0) is 0 Å². The van der Waals surface area contributed by atoms with Crippen LogP contribution in [0, 0.1) is 0 Å². The predicted octanol–water partition coefficient (Wildman–Crippen LogP) is 13.5. The number of hydrogen-bond donors (Lipinski definition) is 0. The van der Waals surface area contributed by atoms with E-state index in [0.717, 1.165) is 44.6 Å². The average molecular weight is 711 g/mol. The van der Waals surface area contributed by atoms with Crippen LogP contribution in [-0.4, -0.2) is 18.9 Å². The Morgan fingerprint density at radius 3 is 1.75 bits per heavy atom. The summed E-state index contributed by atoms with van der Waals surface area (Å²) in [5.74, 6) is 0. The number of rotatable bonds is 3. The molecule has 0 atom stereocenters. The molecule has 0 unspecified atom stereocenters. The van der Waals surface area contributed by atoms with Gasteiger partial charge in [-0.2, -0.15) is 0 Å². The van der Waals surface area contributed by atoms with Gasteiger partial charge in [0.15, 0.2) is 0 Å². The van der Waals surface area contributed by atoms with Crippen LogP contribution >= 0.6 is 0 Å². The lowest BCUT2D eigenvalue weighted by atomic mass is 9.98. The standard InChI is InChI=1S/C52H30N4/c1-2-14-34-29-46-41(28-33(34)13-1)48-47(30-40-37-17-5-9-22-44(37)56-45-23-10-6-18-39(45)49(48)52(40)56)55(46)35-26-24-32(25-27-35)50-51(54-43-21-8-7-20-42(43)53-50)38-19-11-15-31-12-3-4-16-36(31)38/h1-30H. The first-order valence-corrected chi connectivity index (χ1v) is 19.2. The van der Waals surface area contributed by atoms with Crippen molar-refractivity contribution in [3.63, 3.8) is 0 Å². The third-order valence-corrected chi connectivity index (χ3v) is 12.0. The molecule has 4 heteroatoms. The molecule has 13 rings (SSSR count). The molecule has 4 heterocycles. The van der Waals surface area contributed by atoms with Gasteiger partial charge >= 0.3 is 0 Å². The van der Waals surface area contributed by atoms with Crippen molar-refractivity contribution >= 4 is 92.5 Å². The summed E-state index contributed by atoms with van der Waals surface area (Å²) in [5.41, 5.74) is 12.9. The first-order valence-electron chi connectivity index (χ1n) is 19.2. The second kappa shape index (κ2) is 11.0. The molecule has 0 aliphatic carbocycles. The lowest BCUT2D eigenvalue weighted by Gasteiger charge is -2.14. The monoisotopic (exact) mass is 710 g/mol. The minimum atomic E-state index is 0.874. The summed E-state index contributed by atoms with van der Waals surface area (Å²) < 4.78 is 4.95. The van der Waals surface area contributed by atoms with Crippen LogP contribution in [0.3, 0.4) is 0 Å². The third kappa shape index (κ3) is 3.97. The summed E-state index contributed by atoms with van der Waals surface area (Å²) in [6, 6.07) is 65.8. The molecule has 56 heavy (non-hydrogen) atoms. The highest BCUT2D eigenvalue weighted by atomic mass is 15.0. The van der Waals surface area contributed by atoms with Gasteiger partial charge in [-0.3, -0.25) is 0 Å². The van der Waals surface area contributed by atoms with E-state index >= 15 is 0 Å². The second-order valence-corrected chi connectivity index (χ2v) is 14.9. The van der Waals surface area contributed by atoms with Crippen molar-refractivity contribution in [2.24, 2.45) is 0 Å². The number of benzene rings is 9. The Kier molecular flexibility index (Phi) is 5.86. The fourth-order valence-electron chi connectivity index (χ4n) is 9.57. The van der Waals surface area contributed by atoms with Crippen LogP contribution in [0.2, 0.25) is 0 Å². The Balaban J connectivity index is 1.11. The van der Waals surface area contributed by atoms with Crippen LogP contribution in [0.25, 0.3) is 121 Å². The molecule has 0 amide bonds. The molecule has 258 valence electrons. The van der Waals surface area contributed by atoms with Crippen LogP contribution in [0.5, 0.6) is 0 Å². The van der Waals surface area contributed by atoms with E-state index in [0.29, 0.717) is 0 Å². The molecular weight excluding hydrogens is 681 g/mol. The van der Waals surface area contributed by atoms with Crippen molar-refractivity contribution in [2.45, 2.75) is 0 Å². The Morgan fingerprint density at radius 1 is 0.357 bits per heavy atom. The highest BCUT2D eigenvalue weighted by Crippen LogP contribution is 2.47. The summed E-state index contributed by atoms with van der Waals surface area (Å²) >= 11 is 0. The quantitative estimate of drug-likeness (QED) is 0.183. The van der Waals surface area contributed by atoms with Crippen LogP contribution in [0.15, 0.2) is 182 Å². The maximum atomic E-state index is 5.29. The molecule has 0 bridgehead atoms. The Hall–Kier alpha value is -7.56. The zero-order chi connectivity index (χ0) is 36.5. The molecule has 0 radical (unpaired) electrons. The van der Waals surface area contributed by atoms with Crippen molar-refractivity contribution < 1.29 is 0 Å². The summed E-state index contributed by atoms with van der Waals surface area (Å²) in [7, 11) is 0. The maximum absolute atomic E-state index is 5.29. The summed E-state index contributed by atoms with van der Waals surface area (Å²) in [6.45, 7) is 0. The first kappa shape index (κ1) is 29.8. The highest BCUT2D eigenvalue weighted by Gasteiger charge is 2.24. The molecular formula is C52H30N4. The van der Waals surface area contributed by atoms with Gasteiger partial charge in [0.2, 0.25) is 0 Å². The zero-order valence-corrected chi connectivity index (χ0v) is 30.1. The van der Waals surface area contributed by atoms with E-state index in [1.165, 1.54) is 76.1 Å². The normalized spacial score (nSPS) is 12.3. The lowest BCUT2D eigenvalue weighted by Crippen LogP contribution is -1.97. The van der Waals surface area contributed by atoms with Gasteiger partial charge in [-0.05, 0) is 76.1 Å². The molecule has 0 saturated heterocycles. The van der Waals surface area contributed by atoms with E-state index in [-0.39, 0.29) is 0 Å². The molecule has 13 aromatic rings. The van der Waals surface area contributed by atoms with Gasteiger partial charge in [0.25, 0.3) is 0 Å². The van der Waals surface area contributed by atoms with Gasteiger partial charge in [-0.15, -0.1) is 0 Å². The fourth-order valence-corrected chi connectivity index (χ4v) is 9.57. The predicted molar refractivity (Wildman–Crippen MR) is 234 cm³/mol. The molecule has 9 aromatic carbocycles. The molecule has 0 spiro atoms. The van der Waals surface area contributed by atoms with E-state index in [4.69, 9.17) is 9.97 Å². The van der Waals surface area contributed by atoms with Crippen molar-refractivity contribution in [2.75, 3.05) is 0 Å². The fraction of sp³-hybridized carbons (Fsp3) is 0. The molecule has 0 aliphatic rings. The summed E-state index contributed by atoms with van der Waals surface area (Å²) in [4.78, 5) is 10.6. The number of aromatic nitrogens is 4. The summed E-state index contributed by atoms with van der Waals surface area (Å²) in [5, 5.41) is 12.5. The molecule has 4 nitrogen and oxygen atoms in total. The van der Waals surface area contributed by atoms with E-state index in [9.17, 15) is 0 Å². The number of fused-ring (bicyclic) bond motifs is 13. The minimum Gasteiger partial charge on any atom is -0.309 e. The molecule has 0 fully saturated rings. The Labute approximate surface area is 320 Å². The summed E-state index contributed by atoms with van der Waals surface area (Å²) in [6.07, 6.45) is 0. The van der Waals surface area contributed by atoms with Crippen LogP contribution < -0.4 is 0 Å². The van der Waals surface area contributed by atoms with Gasteiger partial charge in [0.1, 0.15) is 0 Å². The first-order chi connectivity index (χ1) is 27.8. The average Bonchev–Trinajstić information content (AvgIpc) is 3.89. The highest BCUT2D eigenvalue weighted by molar-refractivity contribution is 6.36. The van der Waals surface area contributed by atoms with E-state index in [1.807, 2.05) is 18.2 Å². The van der Waals surface area contributed by atoms with E-state index < -0.39 is 0 Å².